The van der Waals surface area contributed by atoms with Crippen molar-refractivity contribution in [1.29, 1.82) is 0 Å². The van der Waals surface area contributed by atoms with Crippen molar-refractivity contribution in [3.63, 3.8) is 0 Å². The highest BCUT2D eigenvalue weighted by atomic mass is 16.4. The molecule has 1 aliphatic carbocycles. The average Bonchev–Trinajstić information content (AvgIpc) is 3.07. The molecule has 3 rings (SSSR count). The summed E-state index contributed by atoms with van der Waals surface area (Å²) in [5.41, 5.74) is 2.29. The van der Waals surface area contributed by atoms with Crippen LogP contribution in [-0.2, 0) is 28.1 Å². The third-order valence-corrected chi connectivity index (χ3v) is 5.12. The third kappa shape index (κ3) is 3.76. The van der Waals surface area contributed by atoms with Gasteiger partial charge in [-0.05, 0) is 30.9 Å². The smallest absolute Gasteiger partial charge is 0.325 e. The Morgan fingerprint density at radius 1 is 1.23 bits per heavy atom. The van der Waals surface area contributed by atoms with Crippen LogP contribution in [0.25, 0.3) is 0 Å². The summed E-state index contributed by atoms with van der Waals surface area (Å²) in [7, 11) is 0. The summed E-state index contributed by atoms with van der Waals surface area (Å²) < 4.78 is 1.25. The molecular formula is C19H24N4O3. The summed E-state index contributed by atoms with van der Waals surface area (Å²) in [6, 6.07) is 8.09. The van der Waals surface area contributed by atoms with Gasteiger partial charge in [0.1, 0.15) is 12.2 Å². The molecule has 1 aliphatic rings. The first-order valence-corrected chi connectivity index (χ1v) is 8.96. The van der Waals surface area contributed by atoms with Crippen LogP contribution >= 0.6 is 0 Å². The van der Waals surface area contributed by atoms with Crippen LogP contribution in [0.3, 0.4) is 0 Å². The highest BCUT2D eigenvalue weighted by Crippen LogP contribution is 2.41. The summed E-state index contributed by atoms with van der Waals surface area (Å²) in [4.78, 5) is 23.9. The molecule has 1 fully saturated rings. The maximum atomic E-state index is 13.2. The lowest BCUT2D eigenvalue weighted by molar-refractivity contribution is -0.138. The Bertz CT molecular complexity index is 794. The van der Waals surface area contributed by atoms with Gasteiger partial charge in [-0.25, -0.2) is 4.68 Å². The quantitative estimate of drug-likeness (QED) is 0.827. The van der Waals surface area contributed by atoms with Crippen molar-refractivity contribution in [3.8, 4) is 0 Å². The second-order valence-electron chi connectivity index (χ2n) is 6.94. The maximum Gasteiger partial charge on any atom is 0.325 e. The van der Waals surface area contributed by atoms with Crippen molar-refractivity contribution in [3.05, 3.63) is 47.3 Å². The summed E-state index contributed by atoms with van der Waals surface area (Å²) in [5.74, 6) is -0.967. The topological polar surface area (TPSA) is 97.1 Å². The van der Waals surface area contributed by atoms with Crippen molar-refractivity contribution in [2.24, 2.45) is 0 Å². The van der Waals surface area contributed by atoms with Crippen LogP contribution in [0.4, 0.5) is 0 Å². The predicted molar refractivity (Wildman–Crippen MR) is 95.4 cm³/mol. The summed E-state index contributed by atoms with van der Waals surface area (Å²) in [6.45, 7) is 2.05. The number of amides is 1. The molecule has 1 heterocycles. The van der Waals surface area contributed by atoms with Gasteiger partial charge in [-0.1, -0.05) is 48.7 Å². The molecule has 0 saturated heterocycles. The van der Waals surface area contributed by atoms with Crippen molar-refractivity contribution in [1.82, 2.24) is 20.3 Å². The monoisotopic (exact) mass is 356 g/mol. The third-order valence-electron chi connectivity index (χ3n) is 5.12. The van der Waals surface area contributed by atoms with Crippen LogP contribution in [0.5, 0.6) is 0 Å². The number of carboxylic acid groups (broad SMARTS) is 1. The molecule has 1 aromatic carbocycles. The Hall–Kier alpha value is -2.70. The normalized spacial score (nSPS) is 16.2. The standard InChI is InChI=1S/C19H24N4O3/c1-14-7-3-4-8-16(14)19(9-5-2-6-10-19)18(26)20-11-15-12-23(22-21-15)13-17(24)25/h3-4,7-8,12H,2,5-6,9-11,13H2,1H3,(H,20,26)(H,24,25). The van der Waals surface area contributed by atoms with E-state index in [4.69, 9.17) is 5.11 Å². The van der Waals surface area contributed by atoms with Gasteiger partial charge in [-0.2, -0.15) is 0 Å². The molecule has 26 heavy (non-hydrogen) atoms. The summed E-state index contributed by atoms with van der Waals surface area (Å²) in [6.07, 6.45) is 6.47. The summed E-state index contributed by atoms with van der Waals surface area (Å²) >= 11 is 0. The molecule has 1 amide bonds. The van der Waals surface area contributed by atoms with Crippen LogP contribution in [-0.4, -0.2) is 32.0 Å². The van der Waals surface area contributed by atoms with E-state index in [2.05, 4.69) is 34.7 Å². The lowest BCUT2D eigenvalue weighted by Gasteiger charge is -2.37. The zero-order chi connectivity index (χ0) is 18.6. The van der Waals surface area contributed by atoms with Crippen LogP contribution in [0.1, 0.15) is 48.9 Å². The Labute approximate surface area is 152 Å². The van der Waals surface area contributed by atoms with E-state index in [-0.39, 0.29) is 19.0 Å². The minimum Gasteiger partial charge on any atom is -0.480 e. The fraction of sp³-hybridized carbons (Fsp3) is 0.474. The fourth-order valence-corrected chi connectivity index (χ4v) is 3.86. The SMILES string of the molecule is Cc1ccccc1C1(C(=O)NCc2cn(CC(=O)O)nn2)CCCCC1. The molecule has 0 atom stereocenters. The first-order chi connectivity index (χ1) is 12.5. The first kappa shape index (κ1) is 18.1. The van der Waals surface area contributed by atoms with Gasteiger partial charge in [0, 0.05) is 0 Å². The number of rotatable bonds is 6. The number of aryl methyl sites for hydroxylation is 1. The van der Waals surface area contributed by atoms with Crippen LogP contribution in [0, 0.1) is 6.92 Å². The lowest BCUT2D eigenvalue weighted by atomic mass is 9.67. The molecule has 0 radical (unpaired) electrons. The van der Waals surface area contributed by atoms with Gasteiger partial charge in [0.15, 0.2) is 0 Å². The van der Waals surface area contributed by atoms with Gasteiger partial charge in [-0.15, -0.1) is 5.10 Å². The van der Waals surface area contributed by atoms with E-state index in [1.807, 2.05) is 12.1 Å². The zero-order valence-electron chi connectivity index (χ0n) is 14.9. The Morgan fingerprint density at radius 3 is 2.65 bits per heavy atom. The van der Waals surface area contributed by atoms with E-state index >= 15 is 0 Å². The molecule has 2 aromatic rings. The highest BCUT2D eigenvalue weighted by molar-refractivity contribution is 5.88. The van der Waals surface area contributed by atoms with Gasteiger partial charge in [0.25, 0.3) is 0 Å². The van der Waals surface area contributed by atoms with Gasteiger partial charge in [0.05, 0.1) is 18.2 Å². The van der Waals surface area contributed by atoms with Gasteiger partial charge in [-0.3, -0.25) is 9.59 Å². The molecule has 0 aliphatic heterocycles. The second kappa shape index (κ2) is 7.68. The summed E-state index contributed by atoms with van der Waals surface area (Å²) in [5, 5.41) is 19.5. The van der Waals surface area contributed by atoms with E-state index in [1.54, 1.807) is 6.20 Å². The van der Waals surface area contributed by atoms with Crippen LogP contribution < -0.4 is 5.32 Å². The highest BCUT2D eigenvalue weighted by Gasteiger charge is 2.41. The van der Waals surface area contributed by atoms with Gasteiger partial charge < -0.3 is 10.4 Å². The number of carbonyl (C=O) groups is 2. The van der Waals surface area contributed by atoms with Crippen molar-refractivity contribution >= 4 is 11.9 Å². The minimum atomic E-state index is -0.980. The number of aromatic nitrogens is 3. The number of aliphatic carboxylic acids is 1. The van der Waals surface area contributed by atoms with Crippen molar-refractivity contribution < 1.29 is 14.7 Å². The number of carbonyl (C=O) groups excluding carboxylic acids is 1. The molecular weight excluding hydrogens is 332 g/mol. The Balaban J connectivity index is 1.75. The predicted octanol–water partition coefficient (Wildman–Crippen LogP) is 2.19. The van der Waals surface area contributed by atoms with E-state index in [1.165, 1.54) is 4.68 Å². The number of nitrogens with one attached hydrogen (secondary N) is 1. The minimum absolute atomic E-state index is 0.0132. The van der Waals surface area contributed by atoms with E-state index < -0.39 is 11.4 Å². The number of hydrogen-bond donors (Lipinski definition) is 2. The molecule has 0 bridgehead atoms. The molecule has 7 nitrogen and oxygen atoms in total. The van der Waals surface area contributed by atoms with Crippen molar-refractivity contribution in [2.45, 2.75) is 57.5 Å². The van der Waals surface area contributed by atoms with Gasteiger partial charge in [0.2, 0.25) is 5.91 Å². The largest absolute Gasteiger partial charge is 0.480 e. The second-order valence-corrected chi connectivity index (χ2v) is 6.94. The number of hydrogen-bond acceptors (Lipinski definition) is 4. The average molecular weight is 356 g/mol. The Kier molecular flexibility index (Phi) is 5.35. The number of benzene rings is 1. The van der Waals surface area contributed by atoms with Gasteiger partial charge >= 0.3 is 5.97 Å². The maximum absolute atomic E-state index is 13.2. The van der Waals surface area contributed by atoms with Crippen molar-refractivity contribution in [2.75, 3.05) is 0 Å². The molecule has 7 heteroatoms. The molecule has 1 aromatic heterocycles. The number of carboxylic acids is 1. The van der Waals surface area contributed by atoms with E-state index in [0.717, 1.165) is 43.2 Å². The molecule has 0 unspecified atom stereocenters. The lowest BCUT2D eigenvalue weighted by Crippen LogP contribution is -2.46. The molecule has 2 N–H and O–H groups in total. The Morgan fingerprint density at radius 2 is 1.96 bits per heavy atom. The van der Waals surface area contributed by atoms with Crippen LogP contribution in [0.15, 0.2) is 30.5 Å². The zero-order valence-corrected chi connectivity index (χ0v) is 14.9. The number of nitrogens with zero attached hydrogens (tertiary/aromatic N) is 3. The molecule has 138 valence electrons. The van der Waals surface area contributed by atoms with E-state index in [9.17, 15) is 9.59 Å². The first-order valence-electron chi connectivity index (χ1n) is 8.96. The van der Waals surface area contributed by atoms with Crippen LogP contribution in [0.2, 0.25) is 0 Å². The fourth-order valence-electron chi connectivity index (χ4n) is 3.86. The molecule has 0 spiro atoms. The molecule has 1 saturated carbocycles. The van der Waals surface area contributed by atoms with E-state index in [0.29, 0.717) is 5.69 Å².